The number of nitrogens with zero attached hydrogens (tertiary/aromatic N) is 3. The maximum Gasteiger partial charge on any atom is 0.258 e. The summed E-state index contributed by atoms with van der Waals surface area (Å²) < 4.78 is 1.69. The van der Waals surface area contributed by atoms with Crippen LogP contribution >= 0.6 is 11.6 Å². The number of aromatic nitrogens is 4. The second kappa shape index (κ2) is 10.9. The van der Waals surface area contributed by atoms with Crippen molar-refractivity contribution in [1.82, 2.24) is 24.6 Å². The van der Waals surface area contributed by atoms with Crippen molar-refractivity contribution in [2.24, 2.45) is 0 Å². The summed E-state index contributed by atoms with van der Waals surface area (Å²) >= 11 is 5.96. The van der Waals surface area contributed by atoms with E-state index >= 15 is 0 Å². The largest absolute Gasteiger partial charge is 0.354 e. The van der Waals surface area contributed by atoms with Gasteiger partial charge in [-0.15, -0.1) is 0 Å². The van der Waals surface area contributed by atoms with E-state index in [9.17, 15) is 9.59 Å². The lowest BCUT2D eigenvalue weighted by atomic mass is 10.1. The summed E-state index contributed by atoms with van der Waals surface area (Å²) in [5.41, 5.74) is 5.10. The van der Waals surface area contributed by atoms with Crippen LogP contribution in [0.5, 0.6) is 0 Å². The summed E-state index contributed by atoms with van der Waals surface area (Å²) in [5.74, 6) is -0.311. The first-order valence-corrected chi connectivity index (χ1v) is 13.5. The second-order valence-electron chi connectivity index (χ2n) is 10.1. The molecule has 0 radical (unpaired) electrons. The number of hydrogen-bond acceptors (Lipinski definition) is 4. The highest BCUT2D eigenvalue weighted by atomic mass is 35.5. The molecule has 0 saturated carbocycles. The first-order chi connectivity index (χ1) is 19.0. The van der Waals surface area contributed by atoms with Crippen molar-refractivity contribution < 1.29 is 4.79 Å². The van der Waals surface area contributed by atoms with Crippen molar-refractivity contribution in [3.05, 3.63) is 105 Å². The second-order valence-corrected chi connectivity index (χ2v) is 10.5. The quantitative estimate of drug-likeness (QED) is 0.248. The summed E-state index contributed by atoms with van der Waals surface area (Å²) in [6.45, 7) is 3.75. The lowest BCUT2D eigenvalue weighted by Gasteiger charge is -2.26. The molecule has 0 bridgehead atoms. The van der Waals surface area contributed by atoms with E-state index in [2.05, 4.69) is 43.5 Å². The summed E-state index contributed by atoms with van der Waals surface area (Å²) in [6, 6.07) is 17.6. The van der Waals surface area contributed by atoms with Gasteiger partial charge in [0.2, 0.25) is 0 Å². The van der Waals surface area contributed by atoms with Crippen molar-refractivity contribution in [3.8, 4) is 11.3 Å². The average molecular weight is 541 g/mol. The highest BCUT2D eigenvalue weighted by Gasteiger charge is 2.14. The van der Waals surface area contributed by atoms with Gasteiger partial charge in [-0.3, -0.25) is 19.2 Å². The van der Waals surface area contributed by atoms with E-state index in [0.717, 1.165) is 36.1 Å². The van der Waals surface area contributed by atoms with Crippen molar-refractivity contribution >= 4 is 34.1 Å². The van der Waals surface area contributed by atoms with Gasteiger partial charge in [-0.25, -0.2) is 0 Å². The molecule has 0 atom stereocenters. The normalized spacial score (nSPS) is 14.1. The average Bonchev–Trinajstić information content (AvgIpc) is 3.59. The number of fused-ring (bicyclic) bond motifs is 1. The number of anilines is 1. The zero-order valence-corrected chi connectivity index (χ0v) is 22.2. The molecule has 3 aromatic heterocycles. The van der Waals surface area contributed by atoms with Gasteiger partial charge in [0.1, 0.15) is 0 Å². The molecule has 5 aromatic rings. The molecule has 1 aliphatic rings. The Bertz CT molecular complexity index is 1680. The number of pyridine rings is 1. The number of carbonyl (C=O) groups is 1. The summed E-state index contributed by atoms with van der Waals surface area (Å²) in [6.07, 6.45) is 8.56. The van der Waals surface area contributed by atoms with Gasteiger partial charge >= 0.3 is 0 Å². The van der Waals surface area contributed by atoms with Gasteiger partial charge < -0.3 is 15.3 Å². The first-order valence-electron chi connectivity index (χ1n) is 13.2. The van der Waals surface area contributed by atoms with Gasteiger partial charge in [0.05, 0.1) is 35.2 Å². The van der Waals surface area contributed by atoms with Crippen LogP contribution in [-0.2, 0) is 13.1 Å². The Kier molecular flexibility index (Phi) is 7.04. The lowest BCUT2D eigenvalue weighted by Crippen LogP contribution is -2.28. The molecule has 8 nitrogen and oxygen atoms in total. The summed E-state index contributed by atoms with van der Waals surface area (Å²) in [5, 5.41) is 8.90. The third kappa shape index (κ3) is 5.82. The number of amides is 1. The van der Waals surface area contributed by atoms with E-state index in [1.54, 1.807) is 16.9 Å². The monoisotopic (exact) mass is 540 g/mol. The number of halogens is 1. The molecule has 39 heavy (non-hydrogen) atoms. The van der Waals surface area contributed by atoms with Crippen LogP contribution in [0.1, 0.15) is 40.7 Å². The Morgan fingerprint density at radius 3 is 2.59 bits per heavy atom. The van der Waals surface area contributed by atoms with Gasteiger partial charge in [0, 0.05) is 34.9 Å². The number of hydrogen-bond donors (Lipinski definition) is 3. The molecule has 1 amide bonds. The highest BCUT2D eigenvalue weighted by Crippen LogP contribution is 2.25. The highest BCUT2D eigenvalue weighted by molar-refractivity contribution is 6.30. The van der Waals surface area contributed by atoms with Crippen LogP contribution in [0.2, 0.25) is 5.02 Å². The molecule has 6 rings (SSSR count). The fraction of sp³-hybridized carbons (Fsp3) is 0.233. The fourth-order valence-electron chi connectivity index (χ4n) is 5.10. The van der Waals surface area contributed by atoms with E-state index in [4.69, 9.17) is 11.6 Å². The Labute approximate surface area is 230 Å². The van der Waals surface area contributed by atoms with Crippen LogP contribution in [0.15, 0.2) is 78.0 Å². The van der Waals surface area contributed by atoms with E-state index < -0.39 is 0 Å². The van der Waals surface area contributed by atoms with Gasteiger partial charge in [-0.05, 0) is 73.5 Å². The van der Waals surface area contributed by atoms with Crippen LogP contribution in [0.3, 0.4) is 0 Å². The van der Waals surface area contributed by atoms with Crippen LogP contribution in [0.25, 0.3) is 22.2 Å². The molecule has 4 heterocycles. The van der Waals surface area contributed by atoms with Crippen molar-refractivity contribution in [2.45, 2.75) is 32.4 Å². The zero-order valence-electron chi connectivity index (χ0n) is 21.4. The number of likely N-dealkylation sites (tertiary alicyclic amines) is 1. The molecule has 0 unspecified atom stereocenters. The number of nitrogens with one attached hydrogen (secondary N) is 3. The van der Waals surface area contributed by atoms with E-state index in [1.807, 2.05) is 30.3 Å². The third-order valence-corrected chi connectivity index (χ3v) is 7.40. The number of rotatable bonds is 7. The van der Waals surface area contributed by atoms with E-state index in [-0.39, 0.29) is 11.5 Å². The third-order valence-electron chi connectivity index (χ3n) is 7.14. The molecule has 9 heteroatoms. The molecule has 3 N–H and O–H groups in total. The van der Waals surface area contributed by atoms with E-state index in [0.29, 0.717) is 34.1 Å². The Hall–Kier alpha value is -4.14. The molecule has 1 fully saturated rings. The molecule has 0 aliphatic carbocycles. The minimum atomic E-state index is -0.311. The molecule has 0 spiro atoms. The predicted octanol–water partition coefficient (Wildman–Crippen LogP) is 5.66. The lowest BCUT2D eigenvalue weighted by molar-refractivity contribution is 0.102. The summed E-state index contributed by atoms with van der Waals surface area (Å²) in [4.78, 5) is 34.2. The van der Waals surface area contributed by atoms with Gasteiger partial charge in [0.15, 0.2) is 0 Å². The molecule has 198 valence electrons. The predicted molar refractivity (Wildman–Crippen MR) is 154 cm³/mol. The molecular formula is C30H29ClN6O2. The minimum absolute atomic E-state index is 0.233. The Morgan fingerprint density at radius 2 is 1.77 bits per heavy atom. The number of benzene rings is 2. The van der Waals surface area contributed by atoms with Gasteiger partial charge in [0.25, 0.3) is 11.5 Å². The summed E-state index contributed by atoms with van der Waals surface area (Å²) in [7, 11) is 0. The van der Waals surface area contributed by atoms with Gasteiger partial charge in [-0.2, -0.15) is 5.10 Å². The molecule has 1 saturated heterocycles. The topological polar surface area (TPSA) is 98.8 Å². The maximum absolute atomic E-state index is 12.9. The minimum Gasteiger partial charge on any atom is -0.354 e. The van der Waals surface area contributed by atoms with Crippen LogP contribution in [0, 0.1) is 0 Å². The van der Waals surface area contributed by atoms with Crippen LogP contribution in [-0.4, -0.2) is 43.6 Å². The Morgan fingerprint density at radius 1 is 0.974 bits per heavy atom. The number of piperidine rings is 1. The smallest absolute Gasteiger partial charge is 0.258 e. The fourth-order valence-corrected chi connectivity index (χ4v) is 5.23. The van der Waals surface area contributed by atoms with Crippen LogP contribution in [0.4, 0.5) is 5.69 Å². The maximum atomic E-state index is 12.9. The molecular weight excluding hydrogens is 512 g/mol. The molecule has 1 aliphatic heterocycles. The van der Waals surface area contributed by atoms with Gasteiger partial charge in [-0.1, -0.05) is 36.2 Å². The standard InChI is InChI=1S/C30H29ClN6O2/c31-24-7-4-20(5-8-24)18-37-19-23(15-33-37)29(38)34-25-14-26(30(39)32-16-25)28-13-22-12-21(6-9-27(22)35-28)17-36-10-2-1-3-11-36/h4-9,12-16,19,35H,1-3,10-11,17-18H2,(H,32,39)(H,34,38). The van der Waals surface area contributed by atoms with E-state index in [1.165, 1.54) is 37.2 Å². The van der Waals surface area contributed by atoms with Crippen molar-refractivity contribution in [1.29, 1.82) is 0 Å². The number of carbonyl (C=O) groups excluding carboxylic acids is 1. The zero-order chi connectivity index (χ0) is 26.8. The number of H-pyrrole nitrogens is 2. The van der Waals surface area contributed by atoms with Crippen molar-refractivity contribution in [2.75, 3.05) is 18.4 Å². The SMILES string of the molecule is O=C(Nc1c[nH]c(=O)c(-c2cc3cc(CN4CCCCC4)ccc3[nH]2)c1)c1cnn(Cc2ccc(Cl)cc2)c1. The molecule has 2 aromatic carbocycles. The first kappa shape index (κ1) is 25.2. The van der Waals surface area contributed by atoms with Crippen molar-refractivity contribution in [3.63, 3.8) is 0 Å². The number of aromatic amines is 2. The van der Waals surface area contributed by atoms with Crippen LogP contribution < -0.4 is 10.9 Å². The Balaban J connectivity index is 1.17.